The molecule has 0 fully saturated rings. The van der Waals surface area contributed by atoms with Crippen LogP contribution >= 0.6 is 0 Å². The number of nitrogens with one attached hydrogen (secondary N) is 2. The minimum atomic E-state index is -0.433. The van der Waals surface area contributed by atoms with Crippen molar-refractivity contribution in [2.24, 2.45) is 0 Å². The van der Waals surface area contributed by atoms with E-state index in [-0.39, 0.29) is 23.1 Å². The van der Waals surface area contributed by atoms with Crippen molar-refractivity contribution in [2.75, 3.05) is 10.6 Å². The lowest BCUT2D eigenvalue weighted by Crippen LogP contribution is -2.13. The Hall–Kier alpha value is -4.06. The number of hydrogen-bond donors (Lipinski definition) is 3. The largest absolute Gasteiger partial charge is 0.506 e. The smallest absolute Gasteiger partial charge is 0.291 e. The van der Waals surface area contributed by atoms with Crippen molar-refractivity contribution in [3.63, 3.8) is 0 Å². The second-order valence-electron chi connectivity index (χ2n) is 6.18. The van der Waals surface area contributed by atoms with E-state index in [9.17, 15) is 14.7 Å². The quantitative estimate of drug-likeness (QED) is 0.455. The fourth-order valence-corrected chi connectivity index (χ4v) is 2.84. The van der Waals surface area contributed by atoms with Gasteiger partial charge in [0, 0.05) is 17.3 Å². The monoisotopic (exact) mass is 372 g/mol. The topological polar surface area (TPSA) is 91.6 Å². The second kappa shape index (κ2) is 7.28. The number of phenols is 1. The number of carbonyl (C=O) groups excluding carboxylic acids is 2. The van der Waals surface area contributed by atoms with Crippen LogP contribution in [-0.4, -0.2) is 16.9 Å². The zero-order valence-electron chi connectivity index (χ0n) is 14.7. The SMILES string of the molecule is O=C(Nc1ccc(NC(=O)c2ccco2)cc1O)c1ccc2ccccc2c1. The van der Waals surface area contributed by atoms with Gasteiger partial charge in [0.2, 0.25) is 0 Å². The first-order valence-corrected chi connectivity index (χ1v) is 8.58. The Bertz CT molecular complexity index is 1170. The third-order valence-electron chi connectivity index (χ3n) is 4.26. The van der Waals surface area contributed by atoms with E-state index in [0.29, 0.717) is 11.3 Å². The molecule has 0 atom stereocenters. The van der Waals surface area contributed by atoms with E-state index >= 15 is 0 Å². The molecule has 0 aliphatic rings. The first-order valence-electron chi connectivity index (χ1n) is 8.58. The summed E-state index contributed by atoms with van der Waals surface area (Å²) in [7, 11) is 0. The Kier molecular flexibility index (Phi) is 4.51. The minimum Gasteiger partial charge on any atom is -0.506 e. The van der Waals surface area contributed by atoms with Crippen LogP contribution in [0, 0.1) is 0 Å². The van der Waals surface area contributed by atoms with E-state index < -0.39 is 5.91 Å². The number of fused-ring (bicyclic) bond motifs is 1. The molecule has 2 amide bonds. The molecule has 1 aromatic heterocycles. The summed E-state index contributed by atoms with van der Waals surface area (Å²) >= 11 is 0. The van der Waals surface area contributed by atoms with E-state index in [1.54, 1.807) is 24.3 Å². The third-order valence-corrected chi connectivity index (χ3v) is 4.26. The number of aromatic hydroxyl groups is 1. The maximum absolute atomic E-state index is 12.5. The summed E-state index contributed by atoms with van der Waals surface area (Å²) in [6.07, 6.45) is 1.40. The van der Waals surface area contributed by atoms with Crippen LogP contribution in [0.1, 0.15) is 20.9 Å². The third kappa shape index (κ3) is 3.57. The molecular formula is C22H16N2O4. The average Bonchev–Trinajstić information content (AvgIpc) is 3.24. The molecule has 28 heavy (non-hydrogen) atoms. The maximum Gasteiger partial charge on any atom is 0.291 e. The summed E-state index contributed by atoms with van der Waals surface area (Å²) in [5.41, 5.74) is 1.10. The summed E-state index contributed by atoms with van der Waals surface area (Å²) in [5.74, 6) is -0.773. The van der Waals surface area contributed by atoms with Crippen molar-refractivity contribution in [3.8, 4) is 5.75 Å². The van der Waals surface area contributed by atoms with E-state index in [0.717, 1.165) is 10.8 Å². The molecule has 4 aromatic rings. The van der Waals surface area contributed by atoms with Crippen molar-refractivity contribution < 1.29 is 19.1 Å². The van der Waals surface area contributed by atoms with E-state index in [4.69, 9.17) is 4.42 Å². The maximum atomic E-state index is 12.5. The van der Waals surface area contributed by atoms with Gasteiger partial charge in [-0.25, -0.2) is 0 Å². The molecule has 0 bridgehead atoms. The molecule has 3 aromatic carbocycles. The fourth-order valence-electron chi connectivity index (χ4n) is 2.84. The number of hydrogen-bond acceptors (Lipinski definition) is 4. The van der Waals surface area contributed by atoms with Crippen LogP contribution in [-0.2, 0) is 0 Å². The standard InChI is InChI=1S/C22H16N2O4/c25-19-13-17(23-22(27)20-6-3-11-28-20)9-10-18(19)24-21(26)16-8-7-14-4-1-2-5-15(14)12-16/h1-13,25H,(H,23,27)(H,24,26). The molecule has 1 heterocycles. The minimum absolute atomic E-state index is 0.160. The van der Waals surface area contributed by atoms with Gasteiger partial charge in [0.1, 0.15) is 5.75 Å². The van der Waals surface area contributed by atoms with Crippen molar-refractivity contribution >= 4 is 34.0 Å². The molecule has 4 rings (SSSR count). The normalized spacial score (nSPS) is 10.6. The zero-order valence-corrected chi connectivity index (χ0v) is 14.7. The Morgan fingerprint density at radius 2 is 1.61 bits per heavy atom. The van der Waals surface area contributed by atoms with Crippen LogP contribution in [0.25, 0.3) is 10.8 Å². The number of anilines is 2. The zero-order chi connectivity index (χ0) is 19.5. The van der Waals surface area contributed by atoms with Crippen LogP contribution in [0.4, 0.5) is 11.4 Å². The van der Waals surface area contributed by atoms with E-state index in [1.807, 2.05) is 30.3 Å². The van der Waals surface area contributed by atoms with Gasteiger partial charge in [-0.15, -0.1) is 0 Å². The molecular weight excluding hydrogens is 356 g/mol. The second-order valence-corrected chi connectivity index (χ2v) is 6.18. The molecule has 0 aliphatic carbocycles. The number of furan rings is 1. The van der Waals surface area contributed by atoms with Gasteiger partial charge in [-0.1, -0.05) is 30.3 Å². The summed E-state index contributed by atoms with van der Waals surface area (Å²) in [5, 5.41) is 17.5. The van der Waals surface area contributed by atoms with Gasteiger partial charge in [0.15, 0.2) is 5.76 Å². The Morgan fingerprint density at radius 1 is 0.786 bits per heavy atom. The summed E-state index contributed by atoms with van der Waals surface area (Å²) in [6.45, 7) is 0. The lowest BCUT2D eigenvalue weighted by atomic mass is 10.1. The van der Waals surface area contributed by atoms with Gasteiger partial charge in [-0.05, 0) is 47.2 Å². The number of phenolic OH excluding ortho intramolecular Hbond substituents is 1. The first-order chi connectivity index (χ1) is 13.6. The van der Waals surface area contributed by atoms with Crippen LogP contribution < -0.4 is 10.6 Å². The number of amides is 2. The predicted molar refractivity (Wildman–Crippen MR) is 107 cm³/mol. The molecule has 0 aliphatic heterocycles. The van der Waals surface area contributed by atoms with Crippen molar-refractivity contribution in [3.05, 3.63) is 90.4 Å². The Balaban J connectivity index is 1.49. The van der Waals surface area contributed by atoms with Gasteiger partial charge in [0.05, 0.1) is 12.0 Å². The van der Waals surface area contributed by atoms with Gasteiger partial charge in [-0.3, -0.25) is 9.59 Å². The molecule has 0 unspecified atom stereocenters. The van der Waals surface area contributed by atoms with Gasteiger partial charge < -0.3 is 20.2 Å². The molecule has 6 heteroatoms. The lowest BCUT2D eigenvalue weighted by Gasteiger charge is -2.10. The lowest BCUT2D eigenvalue weighted by molar-refractivity contribution is 0.0994. The predicted octanol–water partition coefficient (Wildman–Crippen LogP) is 4.64. The van der Waals surface area contributed by atoms with Crippen LogP contribution in [0.2, 0.25) is 0 Å². The molecule has 0 radical (unpaired) electrons. The van der Waals surface area contributed by atoms with E-state index in [1.165, 1.54) is 24.5 Å². The molecule has 0 saturated carbocycles. The Morgan fingerprint density at radius 3 is 2.36 bits per heavy atom. The van der Waals surface area contributed by atoms with Crippen molar-refractivity contribution in [2.45, 2.75) is 0 Å². The first kappa shape index (κ1) is 17.4. The Labute approximate surface area is 160 Å². The fraction of sp³-hybridized carbons (Fsp3) is 0. The molecule has 3 N–H and O–H groups in total. The average molecular weight is 372 g/mol. The molecule has 138 valence electrons. The highest BCUT2D eigenvalue weighted by molar-refractivity contribution is 6.07. The van der Waals surface area contributed by atoms with Crippen LogP contribution in [0.5, 0.6) is 5.75 Å². The van der Waals surface area contributed by atoms with Gasteiger partial charge in [0.25, 0.3) is 11.8 Å². The molecule has 0 spiro atoms. The summed E-state index contributed by atoms with van der Waals surface area (Å²) in [4.78, 5) is 24.5. The van der Waals surface area contributed by atoms with E-state index in [2.05, 4.69) is 10.6 Å². The summed E-state index contributed by atoms with van der Waals surface area (Å²) < 4.78 is 5.02. The number of carbonyl (C=O) groups is 2. The van der Waals surface area contributed by atoms with Crippen molar-refractivity contribution in [1.82, 2.24) is 0 Å². The number of rotatable bonds is 4. The van der Waals surface area contributed by atoms with Crippen molar-refractivity contribution in [1.29, 1.82) is 0 Å². The highest BCUT2D eigenvalue weighted by Crippen LogP contribution is 2.28. The highest BCUT2D eigenvalue weighted by Gasteiger charge is 2.13. The van der Waals surface area contributed by atoms with Crippen LogP contribution in [0.15, 0.2) is 83.5 Å². The van der Waals surface area contributed by atoms with Gasteiger partial charge in [-0.2, -0.15) is 0 Å². The molecule has 0 saturated heterocycles. The van der Waals surface area contributed by atoms with Crippen LogP contribution in [0.3, 0.4) is 0 Å². The number of benzene rings is 3. The van der Waals surface area contributed by atoms with Gasteiger partial charge >= 0.3 is 0 Å². The summed E-state index contributed by atoms with van der Waals surface area (Å²) in [6, 6.07) is 20.7. The highest BCUT2D eigenvalue weighted by atomic mass is 16.3. The molecule has 6 nitrogen and oxygen atoms in total.